The molecule has 7 nitrogen and oxygen atoms in total. The number of alkyl halides is 3. The minimum Gasteiger partial charge on any atom is -0.496 e. The van der Waals surface area contributed by atoms with E-state index in [2.05, 4.69) is 10.4 Å². The Bertz CT molecular complexity index is 1560. The number of anilines is 1. The van der Waals surface area contributed by atoms with Gasteiger partial charge in [0.1, 0.15) is 11.6 Å². The fourth-order valence-electron chi connectivity index (χ4n) is 4.93. The quantitative estimate of drug-likeness (QED) is 0.210. The third-order valence-corrected chi connectivity index (χ3v) is 6.89. The van der Waals surface area contributed by atoms with Gasteiger partial charge in [-0.15, -0.1) is 0 Å². The average molecular weight is 560 g/mol. The number of methoxy groups -OCH3 is 1. The Morgan fingerprint density at radius 2 is 1.82 bits per heavy atom. The molecule has 11 heteroatoms. The molecule has 40 heavy (non-hydrogen) atoms. The molecule has 4 aromatic rings. The number of nitrogens with zero attached hydrogens (tertiary/aromatic N) is 2. The molecule has 0 bridgehead atoms. The first-order valence-electron chi connectivity index (χ1n) is 12.3. The van der Waals surface area contributed by atoms with Gasteiger partial charge in [-0.25, -0.2) is 13.9 Å². The number of aromatic carboxylic acids is 1. The Kier molecular flexibility index (Phi) is 7.55. The SMILES string of the molecule is COc1ccc(F)cc1C(C)(C)C[C@](O)(CNc1cc(C)cc2c1cnn2-c1cccc(C(=O)O)c1)C(F)(F)F. The summed E-state index contributed by atoms with van der Waals surface area (Å²) in [4.78, 5) is 11.4. The average Bonchev–Trinajstić information content (AvgIpc) is 3.30. The van der Waals surface area contributed by atoms with Crippen LogP contribution in [0.4, 0.5) is 23.2 Å². The monoisotopic (exact) mass is 559 g/mol. The number of fused-ring (bicyclic) bond motifs is 1. The second-order valence-corrected chi connectivity index (χ2v) is 10.4. The van der Waals surface area contributed by atoms with Gasteiger partial charge in [0.15, 0.2) is 5.60 Å². The molecule has 0 radical (unpaired) electrons. The lowest BCUT2D eigenvalue weighted by molar-refractivity contribution is -0.260. The fraction of sp³-hybridized carbons (Fsp3) is 0.310. The molecule has 0 saturated heterocycles. The molecule has 0 aliphatic carbocycles. The Balaban J connectivity index is 1.69. The summed E-state index contributed by atoms with van der Waals surface area (Å²) in [6, 6.07) is 13.1. The van der Waals surface area contributed by atoms with E-state index in [-0.39, 0.29) is 16.9 Å². The molecule has 4 rings (SSSR count). The zero-order valence-corrected chi connectivity index (χ0v) is 22.3. The second-order valence-electron chi connectivity index (χ2n) is 10.4. The zero-order valence-electron chi connectivity index (χ0n) is 22.3. The highest BCUT2D eigenvalue weighted by Gasteiger charge is 2.56. The number of nitrogens with one attached hydrogen (secondary N) is 1. The lowest BCUT2D eigenvalue weighted by Gasteiger charge is -2.38. The molecule has 0 amide bonds. The normalized spacial score (nSPS) is 13.7. The molecule has 0 unspecified atom stereocenters. The molecule has 3 N–H and O–H groups in total. The van der Waals surface area contributed by atoms with Gasteiger partial charge in [0.05, 0.1) is 36.6 Å². The lowest BCUT2D eigenvalue weighted by atomic mass is 9.74. The minimum atomic E-state index is -5.03. The number of carbonyl (C=O) groups is 1. The molecule has 0 aliphatic rings. The number of carboxylic acids is 1. The van der Waals surface area contributed by atoms with Gasteiger partial charge in [-0.3, -0.25) is 0 Å². The first-order valence-corrected chi connectivity index (χ1v) is 12.3. The summed E-state index contributed by atoms with van der Waals surface area (Å²) in [5.41, 5.74) is -2.28. The van der Waals surface area contributed by atoms with Crippen LogP contribution in [-0.2, 0) is 5.41 Å². The van der Waals surface area contributed by atoms with Crippen LogP contribution >= 0.6 is 0 Å². The largest absolute Gasteiger partial charge is 0.496 e. The number of hydrogen-bond donors (Lipinski definition) is 3. The van der Waals surface area contributed by atoms with Crippen LogP contribution in [0.1, 0.15) is 41.8 Å². The first-order chi connectivity index (χ1) is 18.6. The van der Waals surface area contributed by atoms with Gasteiger partial charge < -0.3 is 20.3 Å². The van der Waals surface area contributed by atoms with Gasteiger partial charge in [0.2, 0.25) is 0 Å². The van der Waals surface area contributed by atoms with E-state index in [0.29, 0.717) is 27.8 Å². The maximum absolute atomic E-state index is 14.4. The van der Waals surface area contributed by atoms with Crippen molar-refractivity contribution in [2.45, 2.75) is 44.4 Å². The van der Waals surface area contributed by atoms with Crippen LogP contribution in [0.25, 0.3) is 16.6 Å². The summed E-state index contributed by atoms with van der Waals surface area (Å²) in [6.45, 7) is 3.84. The van der Waals surface area contributed by atoms with E-state index in [0.717, 1.165) is 12.1 Å². The highest BCUT2D eigenvalue weighted by atomic mass is 19.4. The minimum absolute atomic E-state index is 0.0555. The predicted octanol–water partition coefficient (Wildman–Crippen LogP) is 6.25. The van der Waals surface area contributed by atoms with E-state index in [4.69, 9.17) is 4.74 Å². The maximum Gasteiger partial charge on any atom is 0.418 e. The van der Waals surface area contributed by atoms with Crippen LogP contribution in [0.3, 0.4) is 0 Å². The third-order valence-electron chi connectivity index (χ3n) is 6.89. The lowest BCUT2D eigenvalue weighted by Crippen LogP contribution is -2.53. The van der Waals surface area contributed by atoms with Crippen molar-refractivity contribution in [3.8, 4) is 11.4 Å². The Hall–Kier alpha value is -4.12. The Labute approximate surface area is 228 Å². The van der Waals surface area contributed by atoms with Crippen molar-refractivity contribution in [2.75, 3.05) is 19.0 Å². The maximum atomic E-state index is 14.4. The van der Waals surface area contributed by atoms with Gasteiger partial charge in [0.25, 0.3) is 0 Å². The van der Waals surface area contributed by atoms with E-state index >= 15 is 0 Å². The van der Waals surface area contributed by atoms with E-state index in [9.17, 15) is 32.6 Å². The molecule has 1 heterocycles. The smallest absolute Gasteiger partial charge is 0.418 e. The van der Waals surface area contributed by atoms with Gasteiger partial charge in [-0.2, -0.15) is 18.3 Å². The highest BCUT2D eigenvalue weighted by Crippen LogP contribution is 2.44. The summed E-state index contributed by atoms with van der Waals surface area (Å²) in [6.07, 6.45) is -4.35. The Morgan fingerprint density at radius 3 is 2.48 bits per heavy atom. The number of halogens is 4. The summed E-state index contributed by atoms with van der Waals surface area (Å²) >= 11 is 0. The van der Waals surface area contributed by atoms with Crippen LogP contribution in [0.2, 0.25) is 0 Å². The van der Waals surface area contributed by atoms with Gasteiger partial charge in [0, 0.05) is 16.6 Å². The summed E-state index contributed by atoms with van der Waals surface area (Å²) < 4.78 is 63.9. The van der Waals surface area contributed by atoms with Crippen molar-refractivity contribution >= 4 is 22.6 Å². The van der Waals surface area contributed by atoms with Crippen molar-refractivity contribution in [2.24, 2.45) is 0 Å². The van der Waals surface area contributed by atoms with Crippen LogP contribution in [0.5, 0.6) is 5.75 Å². The molecule has 1 aromatic heterocycles. The van der Waals surface area contributed by atoms with E-state index in [1.165, 1.54) is 50.0 Å². The molecule has 1 atom stereocenters. The summed E-state index contributed by atoms with van der Waals surface area (Å²) in [5, 5.41) is 28.0. The molecule has 0 saturated carbocycles. The fourth-order valence-corrected chi connectivity index (χ4v) is 4.93. The molecular formula is C29H29F4N3O4. The number of aromatic nitrogens is 2. The molecule has 0 aliphatic heterocycles. The van der Waals surface area contributed by atoms with Crippen molar-refractivity contribution in [1.29, 1.82) is 0 Å². The van der Waals surface area contributed by atoms with Gasteiger partial charge in [-0.05, 0) is 72.9 Å². The summed E-state index contributed by atoms with van der Waals surface area (Å²) in [5.74, 6) is -1.53. The second kappa shape index (κ2) is 10.5. The number of aryl methyl sites for hydroxylation is 1. The number of hydrogen-bond acceptors (Lipinski definition) is 5. The number of benzene rings is 3. The zero-order chi connectivity index (χ0) is 29.5. The number of ether oxygens (including phenoxy) is 1. The highest BCUT2D eigenvalue weighted by molar-refractivity contribution is 5.93. The third kappa shape index (κ3) is 5.60. The van der Waals surface area contributed by atoms with Gasteiger partial charge in [-0.1, -0.05) is 19.9 Å². The first kappa shape index (κ1) is 28.9. The topological polar surface area (TPSA) is 96.6 Å². The van der Waals surface area contributed by atoms with Crippen LogP contribution in [0, 0.1) is 12.7 Å². The molecule has 0 fully saturated rings. The van der Waals surface area contributed by atoms with Crippen molar-refractivity contribution < 1.29 is 37.3 Å². The van der Waals surface area contributed by atoms with Crippen molar-refractivity contribution in [3.63, 3.8) is 0 Å². The molecular weight excluding hydrogens is 530 g/mol. The van der Waals surface area contributed by atoms with E-state index in [1.54, 1.807) is 31.2 Å². The molecule has 0 spiro atoms. The van der Waals surface area contributed by atoms with Crippen molar-refractivity contribution in [1.82, 2.24) is 9.78 Å². The summed E-state index contributed by atoms with van der Waals surface area (Å²) in [7, 11) is 1.34. The van der Waals surface area contributed by atoms with Crippen LogP contribution < -0.4 is 10.1 Å². The number of rotatable bonds is 9. The van der Waals surface area contributed by atoms with Crippen LogP contribution in [-0.4, -0.2) is 51.4 Å². The van der Waals surface area contributed by atoms with Crippen molar-refractivity contribution in [3.05, 3.63) is 83.3 Å². The van der Waals surface area contributed by atoms with E-state index in [1.807, 2.05) is 0 Å². The number of aliphatic hydroxyl groups is 1. The van der Waals surface area contributed by atoms with Crippen LogP contribution in [0.15, 0.2) is 60.8 Å². The molecule has 3 aromatic carbocycles. The number of carboxylic acid groups (broad SMARTS) is 1. The van der Waals surface area contributed by atoms with E-state index < -0.39 is 41.9 Å². The standard InChI is InChI=1S/C29H29F4N3O4/c1-17-10-23(21-14-35-36(24(21)11-17)20-7-5-6-18(12-20)26(37)38)34-16-28(39,29(31,32)33)15-27(2,3)22-13-19(30)8-9-25(22)40-4/h5-14,34,39H,15-16H2,1-4H3,(H,37,38)/t28-/m0/s1. The Morgan fingerprint density at radius 1 is 1.10 bits per heavy atom. The molecule has 212 valence electrons. The van der Waals surface area contributed by atoms with Gasteiger partial charge >= 0.3 is 12.1 Å². The predicted molar refractivity (Wildman–Crippen MR) is 143 cm³/mol.